The van der Waals surface area contributed by atoms with Crippen molar-refractivity contribution in [1.82, 2.24) is 5.32 Å². The summed E-state index contributed by atoms with van der Waals surface area (Å²) in [5.41, 5.74) is 4.67. The maximum atomic E-state index is 13.0. The van der Waals surface area contributed by atoms with Crippen molar-refractivity contribution in [1.29, 1.82) is 0 Å². The van der Waals surface area contributed by atoms with E-state index in [-0.39, 0.29) is 12.2 Å². The van der Waals surface area contributed by atoms with Crippen molar-refractivity contribution in [3.8, 4) is 5.75 Å². The average Bonchev–Trinajstić information content (AvgIpc) is 3.34. The van der Waals surface area contributed by atoms with Crippen molar-refractivity contribution in [2.75, 3.05) is 6.61 Å². The number of nitrogens with one attached hydrogen (secondary N) is 1. The zero-order valence-electron chi connectivity index (χ0n) is 15.5. The molecule has 7 nitrogen and oxygen atoms in total. The first-order valence-corrected chi connectivity index (χ1v) is 8.87. The minimum absolute atomic E-state index is 0.111. The third-order valence-electron chi connectivity index (χ3n) is 5.02. The summed E-state index contributed by atoms with van der Waals surface area (Å²) >= 11 is 0. The number of carbonyl (C=O) groups excluding carboxylic acids is 2. The van der Waals surface area contributed by atoms with Crippen LogP contribution in [0.1, 0.15) is 35.9 Å². The van der Waals surface area contributed by atoms with E-state index < -0.39 is 35.8 Å². The lowest BCUT2D eigenvalue weighted by molar-refractivity contribution is -0.122. The smallest absolute Gasteiger partial charge is 0.256 e. The fourth-order valence-corrected chi connectivity index (χ4v) is 3.03. The Morgan fingerprint density at radius 3 is 2.61 bits per heavy atom. The van der Waals surface area contributed by atoms with Gasteiger partial charge in [-0.1, -0.05) is 0 Å². The van der Waals surface area contributed by atoms with Gasteiger partial charge in [0.05, 0.1) is 23.7 Å². The van der Waals surface area contributed by atoms with Crippen LogP contribution in [0.4, 0.5) is 8.78 Å². The maximum absolute atomic E-state index is 13.0. The summed E-state index contributed by atoms with van der Waals surface area (Å²) in [6.45, 7) is 2.80. The number of aryl methyl sites for hydroxylation is 1. The maximum Gasteiger partial charge on any atom is 0.256 e. The summed E-state index contributed by atoms with van der Waals surface area (Å²) in [5, 5.41) is 12.4. The van der Waals surface area contributed by atoms with Crippen LogP contribution < -0.4 is 15.8 Å². The second-order valence-electron chi connectivity index (χ2n) is 7.24. The van der Waals surface area contributed by atoms with E-state index in [1.807, 2.05) is 0 Å². The number of nitrogens with two attached hydrogens (primary N) is 1. The number of benzene rings is 1. The predicted molar refractivity (Wildman–Crippen MR) is 96.2 cm³/mol. The summed E-state index contributed by atoms with van der Waals surface area (Å²) in [4.78, 5) is 24.1. The molecule has 1 aliphatic rings. The Labute approximate surface area is 159 Å². The van der Waals surface area contributed by atoms with Gasteiger partial charge in [-0.25, -0.2) is 8.78 Å². The van der Waals surface area contributed by atoms with E-state index in [0.717, 1.165) is 0 Å². The molecule has 1 fully saturated rings. The first-order chi connectivity index (χ1) is 13.1. The monoisotopic (exact) mass is 396 g/mol. The lowest BCUT2D eigenvalue weighted by Gasteiger charge is -2.18. The number of primary amides is 1. The molecule has 0 spiro atoms. The lowest BCUT2D eigenvalue weighted by atomic mass is 10.1. The van der Waals surface area contributed by atoms with E-state index >= 15 is 0 Å². The van der Waals surface area contributed by atoms with E-state index in [9.17, 15) is 23.5 Å². The summed E-state index contributed by atoms with van der Waals surface area (Å²) in [6.07, 6.45) is -2.79. The molecule has 1 heterocycles. The van der Waals surface area contributed by atoms with Gasteiger partial charge in [-0.15, -0.1) is 0 Å². The molecule has 152 valence electrons. The first kappa shape index (κ1) is 20.1. The SMILES string of the molecule is Cc1oc2ccc(OCC3(C(F)F)CC3)cc2c1C(=O)N[C@H](C(N)=O)[C@@H](C)O. The molecule has 3 rings (SSSR count). The molecule has 2 aromatic rings. The van der Waals surface area contributed by atoms with Gasteiger partial charge in [0.1, 0.15) is 23.1 Å². The molecule has 0 unspecified atom stereocenters. The average molecular weight is 396 g/mol. The fourth-order valence-electron chi connectivity index (χ4n) is 3.03. The molecule has 2 amide bonds. The number of hydrogen-bond acceptors (Lipinski definition) is 5. The van der Waals surface area contributed by atoms with Crippen LogP contribution in [0.3, 0.4) is 0 Å². The molecule has 1 saturated carbocycles. The first-order valence-electron chi connectivity index (χ1n) is 8.87. The topological polar surface area (TPSA) is 115 Å². The highest BCUT2D eigenvalue weighted by Crippen LogP contribution is 2.50. The lowest BCUT2D eigenvalue weighted by Crippen LogP contribution is -2.50. The van der Waals surface area contributed by atoms with Gasteiger partial charge in [-0.05, 0) is 44.9 Å². The second kappa shape index (κ2) is 7.38. The Hall–Kier alpha value is -2.68. The number of aliphatic hydroxyl groups is 1. The minimum atomic E-state index is -2.44. The van der Waals surface area contributed by atoms with Crippen molar-refractivity contribution >= 4 is 22.8 Å². The standard InChI is InChI=1S/C19H22F2N2O5/c1-9(24)15(16(22)25)23-17(26)14-10(2)28-13-4-3-11(7-12(13)14)27-8-19(5-6-19)18(20)21/h3-4,7,9,15,18,24H,5-6,8H2,1-2H3,(H2,22,25)(H,23,26)/t9-,15+/m1/s1. The van der Waals surface area contributed by atoms with Gasteiger partial charge in [0.2, 0.25) is 12.3 Å². The molecular weight excluding hydrogens is 374 g/mol. The van der Waals surface area contributed by atoms with Crippen molar-refractivity contribution < 1.29 is 32.6 Å². The van der Waals surface area contributed by atoms with E-state index in [4.69, 9.17) is 14.9 Å². The summed E-state index contributed by atoms with van der Waals surface area (Å²) in [7, 11) is 0. The van der Waals surface area contributed by atoms with E-state index in [2.05, 4.69) is 5.32 Å². The van der Waals surface area contributed by atoms with Crippen LogP contribution >= 0.6 is 0 Å². The molecule has 2 atom stereocenters. The molecule has 1 aromatic heterocycles. The number of halogens is 2. The highest BCUT2D eigenvalue weighted by atomic mass is 19.3. The quantitative estimate of drug-likeness (QED) is 0.632. The van der Waals surface area contributed by atoms with E-state index in [1.165, 1.54) is 13.0 Å². The van der Waals surface area contributed by atoms with Gasteiger partial charge in [0.15, 0.2) is 0 Å². The number of ether oxygens (including phenoxy) is 1. The normalized spacial score (nSPS) is 17.4. The number of furan rings is 1. The van der Waals surface area contributed by atoms with Gasteiger partial charge in [-0.2, -0.15) is 0 Å². The van der Waals surface area contributed by atoms with Crippen LogP contribution in [0, 0.1) is 12.3 Å². The van der Waals surface area contributed by atoms with Crippen LogP contribution in [-0.4, -0.2) is 42.1 Å². The number of amides is 2. The van der Waals surface area contributed by atoms with Crippen LogP contribution in [0.5, 0.6) is 5.75 Å². The number of hydrogen-bond donors (Lipinski definition) is 3. The Bertz CT molecular complexity index is 905. The molecule has 0 saturated heterocycles. The van der Waals surface area contributed by atoms with E-state index in [1.54, 1.807) is 19.1 Å². The Morgan fingerprint density at radius 1 is 1.39 bits per heavy atom. The zero-order valence-corrected chi connectivity index (χ0v) is 15.5. The van der Waals surface area contributed by atoms with Gasteiger partial charge < -0.3 is 25.3 Å². The fraction of sp³-hybridized carbons (Fsp3) is 0.474. The second-order valence-corrected chi connectivity index (χ2v) is 7.24. The molecule has 0 radical (unpaired) electrons. The summed E-state index contributed by atoms with van der Waals surface area (Å²) in [6, 6.07) is 3.42. The minimum Gasteiger partial charge on any atom is -0.493 e. The molecular formula is C19H22F2N2O5. The van der Waals surface area contributed by atoms with Crippen LogP contribution in [0.2, 0.25) is 0 Å². The Balaban J connectivity index is 1.85. The zero-order chi connectivity index (χ0) is 20.6. The summed E-state index contributed by atoms with van der Waals surface area (Å²) in [5.74, 6) is -0.898. The number of aliphatic hydroxyl groups excluding tert-OH is 1. The third kappa shape index (κ3) is 3.80. The highest BCUT2D eigenvalue weighted by molar-refractivity contribution is 6.08. The van der Waals surface area contributed by atoms with Gasteiger partial charge in [-0.3, -0.25) is 9.59 Å². The van der Waals surface area contributed by atoms with Crippen LogP contribution in [0.25, 0.3) is 11.0 Å². The Kier molecular flexibility index (Phi) is 5.29. The molecule has 0 bridgehead atoms. The van der Waals surface area contributed by atoms with Crippen molar-refractivity contribution in [3.05, 3.63) is 29.5 Å². The molecule has 1 aromatic carbocycles. The molecule has 4 N–H and O–H groups in total. The number of rotatable bonds is 8. The van der Waals surface area contributed by atoms with E-state index in [0.29, 0.717) is 35.3 Å². The molecule has 0 aliphatic heterocycles. The third-order valence-corrected chi connectivity index (χ3v) is 5.02. The number of alkyl halides is 2. The molecule has 28 heavy (non-hydrogen) atoms. The van der Waals surface area contributed by atoms with Crippen molar-refractivity contribution in [3.63, 3.8) is 0 Å². The van der Waals surface area contributed by atoms with Crippen molar-refractivity contribution in [2.24, 2.45) is 11.1 Å². The highest BCUT2D eigenvalue weighted by Gasteiger charge is 2.52. The van der Waals surface area contributed by atoms with Gasteiger partial charge >= 0.3 is 0 Å². The largest absolute Gasteiger partial charge is 0.493 e. The van der Waals surface area contributed by atoms with Gasteiger partial charge in [0.25, 0.3) is 5.91 Å². The van der Waals surface area contributed by atoms with Crippen molar-refractivity contribution in [2.45, 2.75) is 45.3 Å². The molecule has 9 heteroatoms. The van der Waals surface area contributed by atoms with Gasteiger partial charge in [0, 0.05) is 5.39 Å². The Morgan fingerprint density at radius 2 is 2.07 bits per heavy atom. The number of fused-ring (bicyclic) bond motifs is 1. The molecule has 1 aliphatic carbocycles. The van der Waals surface area contributed by atoms with Crippen LogP contribution in [0.15, 0.2) is 22.6 Å². The predicted octanol–water partition coefficient (Wildman–Crippen LogP) is 2.13. The summed E-state index contributed by atoms with van der Waals surface area (Å²) < 4.78 is 37.2. The van der Waals surface area contributed by atoms with Crippen LogP contribution in [-0.2, 0) is 4.79 Å². The number of carbonyl (C=O) groups is 2.